The van der Waals surface area contributed by atoms with Gasteiger partial charge in [0.1, 0.15) is 5.82 Å². The quantitative estimate of drug-likeness (QED) is 0.194. The average Bonchev–Trinajstić information content (AvgIpc) is 3.60. The van der Waals surface area contributed by atoms with Gasteiger partial charge in [0.25, 0.3) is 5.91 Å². The van der Waals surface area contributed by atoms with Crippen LogP contribution < -0.4 is 15.3 Å². The van der Waals surface area contributed by atoms with Gasteiger partial charge >= 0.3 is 0 Å². The Kier molecular flexibility index (Phi) is 6.92. The van der Waals surface area contributed by atoms with E-state index in [0.29, 0.717) is 51.2 Å². The van der Waals surface area contributed by atoms with Crippen molar-refractivity contribution in [2.45, 2.75) is 19.9 Å². The lowest BCUT2D eigenvalue weighted by Gasteiger charge is -2.28. The van der Waals surface area contributed by atoms with Crippen LogP contribution in [0.5, 0.6) is 0 Å². The molecule has 0 saturated carbocycles. The number of benzene rings is 1. The Balaban J connectivity index is 1.41. The SMILES string of the molecule is CCCN(Cc1nc2c(N3CCOCC3)nc(-c3ccc4[nH]ncc4c3)nc2n1C)c1ncc(C(=O)NO)cn1. The number of aromatic nitrogens is 8. The number of nitrogens with zero attached hydrogens (tertiary/aromatic N) is 9. The molecule has 0 radical (unpaired) electrons. The number of morpholine rings is 1. The van der Waals surface area contributed by atoms with Gasteiger partial charge in [-0.25, -0.2) is 30.4 Å². The molecule has 0 unspecified atom stereocenters. The maximum absolute atomic E-state index is 11.7. The molecule has 14 heteroatoms. The molecule has 40 heavy (non-hydrogen) atoms. The molecule has 1 saturated heterocycles. The van der Waals surface area contributed by atoms with Crippen molar-refractivity contribution in [2.24, 2.45) is 7.05 Å². The average molecular weight is 544 g/mol. The van der Waals surface area contributed by atoms with Crippen molar-refractivity contribution in [3.05, 3.63) is 48.2 Å². The molecule has 3 N–H and O–H groups in total. The number of aryl methyl sites for hydroxylation is 1. The highest BCUT2D eigenvalue weighted by Gasteiger charge is 2.24. The molecule has 1 fully saturated rings. The number of hydrogen-bond acceptors (Lipinski definition) is 11. The molecule has 1 aliphatic rings. The van der Waals surface area contributed by atoms with Gasteiger partial charge in [0.2, 0.25) is 5.95 Å². The van der Waals surface area contributed by atoms with Crippen molar-refractivity contribution in [1.82, 2.24) is 45.2 Å². The van der Waals surface area contributed by atoms with Crippen LogP contribution in [0.2, 0.25) is 0 Å². The van der Waals surface area contributed by atoms with Crippen LogP contribution in [-0.4, -0.2) is 83.6 Å². The summed E-state index contributed by atoms with van der Waals surface area (Å²) in [5.74, 6) is 1.95. The van der Waals surface area contributed by atoms with E-state index >= 15 is 0 Å². The maximum atomic E-state index is 11.7. The Morgan fingerprint density at radius 3 is 2.70 bits per heavy atom. The third kappa shape index (κ3) is 4.78. The van der Waals surface area contributed by atoms with E-state index < -0.39 is 5.91 Å². The van der Waals surface area contributed by atoms with E-state index in [0.717, 1.165) is 45.7 Å². The summed E-state index contributed by atoms with van der Waals surface area (Å²) in [4.78, 5) is 39.6. The number of carbonyl (C=O) groups excluding carboxylic acids is 1. The standard InChI is InChI=1S/C26H29N11O3/c1-3-6-37(26-27-12-18(13-28-26)25(38)34-39)15-20-30-21-23(35(20)2)31-22(32-24(21)36-7-9-40-10-8-36)16-4-5-19-17(11-16)14-29-33-19/h4-5,11-14,39H,3,6-10,15H2,1-2H3,(H,29,33)(H,34,38). The first kappa shape index (κ1) is 25.6. The van der Waals surface area contributed by atoms with Crippen LogP contribution >= 0.6 is 0 Å². The fraction of sp³-hybridized carbons (Fsp3) is 0.346. The molecule has 1 amide bonds. The molecule has 5 aromatic rings. The predicted octanol–water partition coefficient (Wildman–Crippen LogP) is 2.07. The summed E-state index contributed by atoms with van der Waals surface area (Å²) < 4.78 is 7.58. The van der Waals surface area contributed by atoms with Crippen LogP contribution in [0.4, 0.5) is 11.8 Å². The summed E-state index contributed by atoms with van der Waals surface area (Å²) in [5, 5.41) is 17.0. The first-order valence-corrected chi connectivity index (χ1v) is 13.1. The van der Waals surface area contributed by atoms with Gasteiger partial charge in [-0.2, -0.15) is 5.10 Å². The van der Waals surface area contributed by atoms with Crippen molar-refractivity contribution < 1.29 is 14.7 Å². The number of rotatable bonds is 8. The van der Waals surface area contributed by atoms with Crippen LogP contribution in [0.25, 0.3) is 33.5 Å². The van der Waals surface area contributed by atoms with Crippen LogP contribution in [0.1, 0.15) is 29.5 Å². The van der Waals surface area contributed by atoms with E-state index in [4.69, 9.17) is 24.9 Å². The molecule has 206 valence electrons. The second kappa shape index (κ2) is 10.8. The third-order valence-corrected chi connectivity index (χ3v) is 6.91. The number of carbonyl (C=O) groups is 1. The topological polar surface area (TPSA) is 163 Å². The Morgan fingerprint density at radius 2 is 1.95 bits per heavy atom. The lowest BCUT2D eigenvalue weighted by Crippen LogP contribution is -2.37. The van der Waals surface area contributed by atoms with Gasteiger partial charge in [0, 0.05) is 50.0 Å². The zero-order valence-electron chi connectivity index (χ0n) is 22.2. The molecule has 0 aliphatic carbocycles. The van der Waals surface area contributed by atoms with Crippen LogP contribution in [0.3, 0.4) is 0 Å². The molecule has 14 nitrogen and oxygen atoms in total. The number of H-pyrrole nitrogens is 1. The van der Waals surface area contributed by atoms with E-state index in [9.17, 15) is 4.79 Å². The molecule has 1 aromatic carbocycles. The molecule has 6 rings (SSSR count). The van der Waals surface area contributed by atoms with Gasteiger partial charge in [-0.3, -0.25) is 15.1 Å². The van der Waals surface area contributed by atoms with Gasteiger partial charge in [0.15, 0.2) is 22.8 Å². The molecule has 5 heterocycles. The van der Waals surface area contributed by atoms with E-state index in [1.54, 1.807) is 11.7 Å². The van der Waals surface area contributed by atoms with Crippen LogP contribution in [-0.2, 0) is 18.3 Å². The van der Waals surface area contributed by atoms with Crippen molar-refractivity contribution in [3.8, 4) is 11.4 Å². The van der Waals surface area contributed by atoms with Gasteiger partial charge in [-0.15, -0.1) is 0 Å². The number of anilines is 2. The van der Waals surface area contributed by atoms with E-state index in [2.05, 4.69) is 32.0 Å². The number of fused-ring (bicyclic) bond motifs is 2. The molecule has 0 atom stereocenters. The highest BCUT2D eigenvalue weighted by molar-refractivity contribution is 5.92. The van der Waals surface area contributed by atoms with E-state index in [1.807, 2.05) is 34.7 Å². The highest BCUT2D eigenvalue weighted by Crippen LogP contribution is 2.30. The minimum absolute atomic E-state index is 0.164. The summed E-state index contributed by atoms with van der Waals surface area (Å²) in [6, 6.07) is 6.00. The fourth-order valence-corrected chi connectivity index (χ4v) is 4.80. The molecule has 1 aliphatic heterocycles. The normalized spacial score (nSPS) is 13.7. The van der Waals surface area contributed by atoms with Gasteiger partial charge < -0.3 is 19.1 Å². The second-order valence-corrected chi connectivity index (χ2v) is 9.54. The van der Waals surface area contributed by atoms with Crippen LogP contribution in [0.15, 0.2) is 36.8 Å². The number of amides is 1. The van der Waals surface area contributed by atoms with Gasteiger partial charge in [-0.05, 0) is 24.6 Å². The zero-order chi connectivity index (χ0) is 27.6. The minimum Gasteiger partial charge on any atom is -0.378 e. The molecular weight excluding hydrogens is 514 g/mol. The molecule has 4 aromatic heterocycles. The molecule has 0 spiro atoms. The number of aromatic amines is 1. The molecular formula is C26H29N11O3. The number of hydroxylamine groups is 1. The number of imidazole rings is 1. The lowest BCUT2D eigenvalue weighted by atomic mass is 10.1. The maximum Gasteiger partial charge on any atom is 0.277 e. The number of ether oxygens (including phenoxy) is 1. The summed E-state index contributed by atoms with van der Waals surface area (Å²) in [7, 11) is 1.95. The minimum atomic E-state index is -0.666. The van der Waals surface area contributed by atoms with Crippen molar-refractivity contribution >= 4 is 39.7 Å². The van der Waals surface area contributed by atoms with E-state index in [-0.39, 0.29) is 5.56 Å². The van der Waals surface area contributed by atoms with Gasteiger partial charge in [0.05, 0.1) is 37.0 Å². The Labute approximate surface area is 229 Å². The van der Waals surface area contributed by atoms with Gasteiger partial charge in [-0.1, -0.05) is 6.92 Å². The first-order chi connectivity index (χ1) is 19.6. The Morgan fingerprint density at radius 1 is 1.15 bits per heavy atom. The highest BCUT2D eigenvalue weighted by atomic mass is 16.5. The van der Waals surface area contributed by atoms with Crippen molar-refractivity contribution in [3.63, 3.8) is 0 Å². The monoisotopic (exact) mass is 543 g/mol. The number of nitrogens with one attached hydrogen (secondary N) is 2. The second-order valence-electron chi connectivity index (χ2n) is 9.54. The first-order valence-electron chi connectivity index (χ1n) is 13.1. The zero-order valence-corrected chi connectivity index (χ0v) is 22.2. The Hall–Kier alpha value is -4.69. The summed E-state index contributed by atoms with van der Waals surface area (Å²) in [5.41, 5.74) is 5.05. The summed E-state index contributed by atoms with van der Waals surface area (Å²) >= 11 is 0. The summed E-state index contributed by atoms with van der Waals surface area (Å²) in [6.07, 6.45) is 5.41. The Bertz CT molecular complexity index is 1660. The van der Waals surface area contributed by atoms with Crippen LogP contribution in [0, 0.1) is 0 Å². The molecule has 0 bridgehead atoms. The lowest BCUT2D eigenvalue weighted by molar-refractivity contribution is 0.0705. The van der Waals surface area contributed by atoms with Crippen molar-refractivity contribution in [1.29, 1.82) is 0 Å². The largest absolute Gasteiger partial charge is 0.378 e. The third-order valence-electron chi connectivity index (χ3n) is 6.91. The smallest absolute Gasteiger partial charge is 0.277 e. The predicted molar refractivity (Wildman–Crippen MR) is 147 cm³/mol. The summed E-state index contributed by atoms with van der Waals surface area (Å²) in [6.45, 7) is 5.82. The number of hydrogen-bond donors (Lipinski definition) is 3. The van der Waals surface area contributed by atoms with Crippen molar-refractivity contribution in [2.75, 3.05) is 42.6 Å². The fourth-order valence-electron chi connectivity index (χ4n) is 4.80. The van der Waals surface area contributed by atoms with E-state index in [1.165, 1.54) is 12.4 Å².